The first-order valence-corrected chi connectivity index (χ1v) is 11.2. The number of carbonyl (C=O) groups excluding carboxylic acids is 2. The first-order chi connectivity index (χ1) is 16.9. The maximum atomic E-state index is 13.8. The van der Waals surface area contributed by atoms with Crippen LogP contribution in [0.1, 0.15) is 22.7 Å². The van der Waals surface area contributed by atoms with Gasteiger partial charge in [-0.15, -0.1) is 0 Å². The minimum Gasteiger partial charge on any atom is -0.504 e. The number of nitrogens with one attached hydrogen (secondary N) is 1. The van der Waals surface area contributed by atoms with Crippen LogP contribution in [0.3, 0.4) is 0 Å². The number of carbonyl (C=O) groups is 3. The zero-order chi connectivity index (χ0) is 24.7. The molecule has 0 aromatic heterocycles. The van der Waals surface area contributed by atoms with Crippen LogP contribution in [0.4, 0.5) is 0 Å². The monoisotopic (exact) mass is 472 g/mol. The van der Waals surface area contributed by atoms with Gasteiger partial charge in [0, 0.05) is 11.6 Å². The molecule has 3 aromatic rings. The number of ether oxygens (including phenoxy) is 1. The van der Waals surface area contributed by atoms with E-state index in [0.717, 1.165) is 10.5 Å². The number of phenolic OH excluding ortho intramolecular Hbond substituents is 1. The van der Waals surface area contributed by atoms with Crippen molar-refractivity contribution in [2.45, 2.75) is 18.1 Å². The molecule has 2 heterocycles. The number of rotatable bonds is 6. The molecule has 2 aliphatic heterocycles. The largest absolute Gasteiger partial charge is 0.504 e. The van der Waals surface area contributed by atoms with Gasteiger partial charge in [-0.3, -0.25) is 19.8 Å². The van der Waals surface area contributed by atoms with Crippen molar-refractivity contribution in [3.05, 3.63) is 95.6 Å². The van der Waals surface area contributed by atoms with Crippen molar-refractivity contribution in [1.82, 2.24) is 10.2 Å². The second kappa shape index (κ2) is 8.56. The van der Waals surface area contributed by atoms with E-state index in [1.165, 1.54) is 7.11 Å². The van der Waals surface area contributed by atoms with Crippen LogP contribution in [0, 0.1) is 11.8 Å². The number of hydrogen-bond donors (Lipinski definition) is 3. The highest BCUT2D eigenvalue weighted by Gasteiger charge is 2.69. The van der Waals surface area contributed by atoms with Crippen LogP contribution in [0.25, 0.3) is 0 Å². The number of fused-ring (bicyclic) bond motifs is 1. The molecule has 0 radical (unpaired) electrons. The van der Waals surface area contributed by atoms with E-state index in [0.29, 0.717) is 11.1 Å². The maximum Gasteiger partial charge on any atom is 0.329 e. The average Bonchev–Trinajstić information content (AvgIpc) is 3.36. The van der Waals surface area contributed by atoms with Gasteiger partial charge >= 0.3 is 5.97 Å². The summed E-state index contributed by atoms with van der Waals surface area (Å²) in [5, 5.41) is 24.5. The van der Waals surface area contributed by atoms with Crippen molar-refractivity contribution in [2.75, 3.05) is 7.11 Å². The lowest BCUT2D eigenvalue weighted by Gasteiger charge is -2.31. The summed E-state index contributed by atoms with van der Waals surface area (Å²) < 4.78 is 5.23. The van der Waals surface area contributed by atoms with E-state index in [4.69, 9.17) is 4.74 Å². The highest BCUT2D eigenvalue weighted by Crippen LogP contribution is 2.55. The molecule has 0 spiro atoms. The van der Waals surface area contributed by atoms with E-state index in [1.807, 2.05) is 18.2 Å². The molecule has 178 valence electrons. The molecule has 2 amide bonds. The van der Waals surface area contributed by atoms with Crippen molar-refractivity contribution >= 4 is 17.8 Å². The molecule has 4 unspecified atom stereocenters. The molecular formula is C27H24N2O6. The van der Waals surface area contributed by atoms with Crippen LogP contribution in [0.15, 0.2) is 78.9 Å². The fourth-order valence-electron chi connectivity index (χ4n) is 5.40. The third-order valence-electron chi connectivity index (χ3n) is 6.99. The summed E-state index contributed by atoms with van der Waals surface area (Å²) in [7, 11) is 1.40. The predicted molar refractivity (Wildman–Crippen MR) is 125 cm³/mol. The van der Waals surface area contributed by atoms with Gasteiger partial charge < -0.3 is 14.9 Å². The van der Waals surface area contributed by atoms with E-state index in [2.05, 4.69) is 5.32 Å². The Balaban J connectivity index is 1.68. The Bertz CT molecular complexity index is 1300. The van der Waals surface area contributed by atoms with Crippen LogP contribution < -0.4 is 10.1 Å². The average molecular weight is 472 g/mol. The third kappa shape index (κ3) is 3.37. The number of para-hydroxylation sites is 1. The molecule has 0 aliphatic carbocycles. The zero-order valence-electron chi connectivity index (χ0n) is 18.9. The Morgan fingerprint density at radius 1 is 0.971 bits per heavy atom. The van der Waals surface area contributed by atoms with Crippen molar-refractivity contribution in [3.8, 4) is 11.5 Å². The molecule has 8 heteroatoms. The maximum absolute atomic E-state index is 13.8. The van der Waals surface area contributed by atoms with Gasteiger partial charge in [-0.25, -0.2) is 4.79 Å². The highest BCUT2D eigenvalue weighted by molar-refractivity contribution is 6.09. The summed E-state index contributed by atoms with van der Waals surface area (Å²) in [6, 6.07) is 21.3. The fraction of sp³-hybridized carbons (Fsp3) is 0.222. The lowest BCUT2D eigenvalue weighted by atomic mass is 9.75. The number of methoxy groups -OCH3 is 1. The number of amides is 2. The Morgan fingerprint density at radius 2 is 1.63 bits per heavy atom. The topological polar surface area (TPSA) is 116 Å². The Labute approximate surface area is 201 Å². The van der Waals surface area contributed by atoms with Crippen molar-refractivity contribution < 1.29 is 29.3 Å². The van der Waals surface area contributed by atoms with Crippen LogP contribution >= 0.6 is 0 Å². The Morgan fingerprint density at radius 3 is 2.26 bits per heavy atom. The molecule has 2 saturated heterocycles. The SMILES string of the molecule is COc1cccc(C2NC(C(=O)O)(c3ccccc3)C3C(=O)N(Cc4ccccc4)C(=O)C23)c1O. The van der Waals surface area contributed by atoms with Gasteiger partial charge in [0.2, 0.25) is 11.8 Å². The molecule has 3 aromatic carbocycles. The van der Waals surface area contributed by atoms with Gasteiger partial charge in [-0.05, 0) is 17.2 Å². The fourth-order valence-corrected chi connectivity index (χ4v) is 5.40. The van der Waals surface area contributed by atoms with Crippen LogP contribution in [-0.4, -0.2) is 40.0 Å². The molecule has 3 N–H and O–H groups in total. The minimum absolute atomic E-state index is 0.0345. The molecule has 8 nitrogen and oxygen atoms in total. The zero-order valence-corrected chi connectivity index (χ0v) is 18.9. The number of carboxylic acids is 1. The van der Waals surface area contributed by atoms with E-state index in [1.54, 1.807) is 60.7 Å². The number of likely N-dealkylation sites (tertiary alicyclic amines) is 1. The number of carboxylic acid groups (broad SMARTS) is 1. The van der Waals surface area contributed by atoms with E-state index < -0.39 is 41.2 Å². The number of aromatic hydroxyl groups is 1. The molecular weight excluding hydrogens is 448 g/mol. The normalized spacial score (nSPS) is 25.5. The lowest BCUT2D eigenvalue weighted by Crippen LogP contribution is -2.53. The molecule has 2 fully saturated rings. The molecule has 2 aliphatic rings. The second-order valence-corrected chi connectivity index (χ2v) is 8.75. The summed E-state index contributed by atoms with van der Waals surface area (Å²) >= 11 is 0. The van der Waals surface area contributed by atoms with E-state index >= 15 is 0 Å². The molecule has 5 rings (SSSR count). The summed E-state index contributed by atoms with van der Waals surface area (Å²) in [5.41, 5.74) is -0.468. The number of hydrogen-bond acceptors (Lipinski definition) is 6. The van der Waals surface area contributed by atoms with Crippen LogP contribution in [-0.2, 0) is 26.5 Å². The Kier molecular flexibility index (Phi) is 5.53. The lowest BCUT2D eigenvalue weighted by molar-refractivity contribution is -0.152. The smallest absolute Gasteiger partial charge is 0.329 e. The van der Waals surface area contributed by atoms with Gasteiger partial charge in [0.05, 0.1) is 25.5 Å². The molecule has 35 heavy (non-hydrogen) atoms. The first-order valence-electron chi connectivity index (χ1n) is 11.2. The van der Waals surface area contributed by atoms with Crippen molar-refractivity contribution in [2.24, 2.45) is 11.8 Å². The minimum atomic E-state index is -1.87. The molecule has 0 bridgehead atoms. The van der Waals surface area contributed by atoms with E-state index in [-0.39, 0.29) is 18.0 Å². The van der Waals surface area contributed by atoms with Gasteiger partial charge in [-0.2, -0.15) is 0 Å². The summed E-state index contributed by atoms with van der Waals surface area (Å²) in [5.74, 6) is -4.59. The Hall–Kier alpha value is -4.17. The molecule has 0 saturated carbocycles. The first kappa shape index (κ1) is 22.6. The van der Waals surface area contributed by atoms with Gasteiger partial charge in [0.25, 0.3) is 0 Å². The standard InChI is InChI=1S/C27H24N2O6/c1-35-19-14-8-13-18(23(19)30)22-20-21(27(28-22,26(33)34)17-11-6-3-7-12-17)25(32)29(24(20)31)15-16-9-4-2-5-10-16/h2-14,20-22,28,30H,15H2,1H3,(H,33,34). The van der Waals surface area contributed by atoms with Crippen LogP contribution in [0.5, 0.6) is 11.5 Å². The summed E-state index contributed by atoms with van der Waals surface area (Å²) in [6.07, 6.45) is 0. The third-order valence-corrected chi connectivity index (χ3v) is 6.99. The molecule has 4 atom stereocenters. The quantitative estimate of drug-likeness (QED) is 0.473. The van der Waals surface area contributed by atoms with Gasteiger partial charge in [0.15, 0.2) is 17.0 Å². The van der Waals surface area contributed by atoms with Gasteiger partial charge in [-0.1, -0.05) is 72.8 Å². The number of aliphatic carboxylic acids is 1. The van der Waals surface area contributed by atoms with Crippen molar-refractivity contribution in [1.29, 1.82) is 0 Å². The van der Waals surface area contributed by atoms with Crippen molar-refractivity contribution in [3.63, 3.8) is 0 Å². The van der Waals surface area contributed by atoms with Crippen LogP contribution in [0.2, 0.25) is 0 Å². The summed E-state index contributed by atoms with van der Waals surface area (Å²) in [6.45, 7) is 0.0345. The van der Waals surface area contributed by atoms with E-state index in [9.17, 15) is 24.6 Å². The summed E-state index contributed by atoms with van der Waals surface area (Å²) in [4.78, 5) is 41.6. The number of imide groups is 1. The number of nitrogens with zero attached hydrogens (tertiary/aromatic N) is 1. The predicted octanol–water partition coefficient (Wildman–Crippen LogP) is 2.83. The highest BCUT2D eigenvalue weighted by atomic mass is 16.5. The second-order valence-electron chi connectivity index (χ2n) is 8.75. The van der Waals surface area contributed by atoms with Gasteiger partial charge in [0.1, 0.15) is 0 Å². The number of phenols is 1. The number of benzene rings is 3.